The monoisotopic (exact) mass is 438 g/mol. The number of nitrogens with one attached hydrogen (secondary N) is 1. The van der Waals surface area contributed by atoms with Crippen molar-refractivity contribution in [1.29, 1.82) is 0 Å². The Bertz CT molecular complexity index is 838. The van der Waals surface area contributed by atoms with Crippen molar-refractivity contribution in [2.75, 3.05) is 6.54 Å². The molecule has 0 radical (unpaired) electrons. The van der Waals surface area contributed by atoms with Crippen LogP contribution in [0.2, 0.25) is 0 Å². The number of rotatable bonds is 5. The van der Waals surface area contributed by atoms with E-state index in [1.807, 2.05) is 12.1 Å². The molecule has 174 valence electrons. The first-order chi connectivity index (χ1) is 15.6. The van der Waals surface area contributed by atoms with Gasteiger partial charge in [-0.05, 0) is 56.4 Å². The van der Waals surface area contributed by atoms with E-state index in [1.54, 1.807) is 0 Å². The van der Waals surface area contributed by atoms with E-state index in [4.69, 9.17) is 0 Å². The maximum Gasteiger partial charge on any atom is 0.150 e. The number of aliphatic hydroxyl groups excluding tert-OH is 1. The van der Waals surface area contributed by atoms with Crippen LogP contribution in [0.1, 0.15) is 86.0 Å². The molecule has 6 rings (SSSR count). The minimum atomic E-state index is -0.651. The van der Waals surface area contributed by atoms with Crippen LogP contribution in [0.15, 0.2) is 24.3 Å². The summed E-state index contributed by atoms with van der Waals surface area (Å²) in [6.07, 6.45) is 12.5. The molecule has 1 unspecified atom stereocenters. The van der Waals surface area contributed by atoms with E-state index in [9.17, 15) is 15.0 Å². The highest BCUT2D eigenvalue weighted by atomic mass is 16.3. The topological polar surface area (TPSA) is 72.6 Å². The van der Waals surface area contributed by atoms with Crippen molar-refractivity contribution < 1.29 is 15.0 Å². The molecule has 0 amide bonds. The van der Waals surface area contributed by atoms with Crippen LogP contribution in [-0.2, 0) is 0 Å². The predicted octanol–water partition coefficient (Wildman–Crippen LogP) is 3.45. The second-order valence-corrected chi connectivity index (χ2v) is 11.4. The third-order valence-electron chi connectivity index (χ3n) is 9.83. The van der Waals surface area contributed by atoms with E-state index < -0.39 is 5.72 Å². The molecule has 5 nitrogen and oxygen atoms in total. The summed E-state index contributed by atoms with van der Waals surface area (Å²) in [6.45, 7) is 0.798. The standard InChI is InChI=1S/C27H38N2O3/c30-15-17-6-8-19(9-7-17)26(18-4-2-1-3-5-18)24-14-21(27(32)16-29(24)27)23-11-10-20-22(28-23)12-13-25(20)31/h6-9,15,18,20-26,28,31-32H,1-5,10-14,16H2/t20-,21-,22+,23+,24-,25-,26+,27+,29?/m0/s1. The lowest BCUT2D eigenvalue weighted by Crippen LogP contribution is -2.52. The van der Waals surface area contributed by atoms with Gasteiger partial charge >= 0.3 is 0 Å². The fraction of sp³-hybridized carbons (Fsp3) is 0.741. The van der Waals surface area contributed by atoms with E-state index in [-0.39, 0.29) is 12.0 Å². The SMILES string of the molecule is O=Cc1ccc([C@@H](C2CCCCC2)[C@@H]2C[C@@H]([C@H]3CC[C@@H]4[C@@H](O)CC[C@H]4N3)[C@]3(O)CN23)cc1. The van der Waals surface area contributed by atoms with Crippen molar-refractivity contribution in [2.24, 2.45) is 17.8 Å². The number of hydrogen-bond donors (Lipinski definition) is 3. The minimum Gasteiger partial charge on any atom is -0.393 e. The van der Waals surface area contributed by atoms with Crippen molar-refractivity contribution in [3.05, 3.63) is 35.4 Å². The number of carbonyl (C=O) groups excluding carboxylic acids is 1. The zero-order valence-electron chi connectivity index (χ0n) is 19.0. The van der Waals surface area contributed by atoms with Crippen molar-refractivity contribution in [2.45, 2.75) is 100 Å². The number of fused-ring (bicyclic) bond motifs is 2. The Balaban J connectivity index is 1.25. The molecule has 0 bridgehead atoms. The molecule has 5 aliphatic rings. The molecule has 32 heavy (non-hydrogen) atoms. The van der Waals surface area contributed by atoms with Gasteiger partial charge in [-0.2, -0.15) is 0 Å². The van der Waals surface area contributed by atoms with Gasteiger partial charge < -0.3 is 15.5 Å². The van der Waals surface area contributed by atoms with Crippen LogP contribution in [0.4, 0.5) is 0 Å². The zero-order chi connectivity index (χ0) is 21.9. The first-order valence-electron chi connectivity index (χ1n) is 13.1. The van der Waals surface area contributed by atoms with Gasteiger partial charge in [0.15, 0.2) is 0 Å². The minimum absolute atomic E-state index is 0.143. The van der Waals surface area contributed by atoms with Gasteiger partial charge in [0, 0.05) is 48.0 Å². The molecule has 1 aromatic carbocycles. The number of piperidine rings is 2. The maximum absolute atomic E-state index is 11.6. The smallest absolute Gasteiger partial charge is 0.150 e. The first kappa shape index (κ1) is 21.3. The van der Waals surface area contributed by atoms with E-state index in [0.717, 1.165) is 50.5 Å². The van der Waals surface area contributed by atoms with E-state index in [2.05, 4.69) is 22.3 Å². The summed E-state index contributed by atoms with van der Waals surface area (Å²) in [7, 11) is 0. The van der Waals surface area contributed by atoms with E-state index >= 15 is 0 Å². The number of aliphatic hydroxyl groups is 2. The molecule has 0 aromatic heterocycles. The lowest BCUT2D eigenvalue weighted by molar-refractivity contribution is 0.0243. The zero-order valence-corrected chi connectivity index (χ0v) is 19.0. The summed E-state index contributed by atoms with van der Waals surface area (Å²) in [5.41, 5.74) is 1.43. The average Bonchev–Trinajstić information content (AvgIpc) is 3.26. The Morgan fingerprint density at radius 3 is 2.50 bits per heavy atom. The first-order valence-corrected chi connectivity index (χ1v) is 13.1. The average molecular weight is 439 g/mol. The Morgan fingerprint density at radius 1 is 1.00 bits per heavy atom. The summed E-state index contributed by atoms with van der Waals surface area (Å²) in [5.74, 6) is 1.76. The van der Waals surface area contributed by atoms with Crippen LogP contribution in [-0.4, -0.2) is 57.9 Å². The van der Waals surface area contributed by atoms with Crippen LogP contribution < -0.4 is 5.32 Å². The van der Waals surface area contributed by atoms with Crippen LogP contribution >= 0.6 is 0 Å². The van der Waals surface area contributed by atoms with Gasteiger partial charge in [-0.15, -0.1) is 0 Å². The molecule has 5 heteroatoms. The van der Waals surface area contributed by atoms with Crippen molar-refractivity contribution in [3.63, 3.8) is 0 Å². The molecule has 3 heterocycles. The molecule has 3 N–H and O–H groups in total. The van der Waals surface area contributed by atoms with Gasteiger partial charge in [-0.25, -0.2) is 0 Å². The molecular weight excluding hydrogens is 400 g/mol. The van der Waals surface area contributed by atoms with Crippen LogP contribution in [0, 0.1) is 17.8 Å². The largest absolute Gasteiger partial charge is 0.393 e. The fourth-order valence-corrected chi connectivity index (χ4v) is 8.15. The quantitative estimate of drug-likeness (QED) is 0.485. The number of aldehydes is 1. The Hall–Kier alpha value is -1.27. The van der Waals surface area contributed by atoms with Gasteiger partial charge in [0.05, 0.1) is 6.10 Å². The van der Waals surface area contributed by atoms with Crippen molar-refractivity contribution in [3.8, 4) is 0 Å². The summed E-state index contributed by atoms with van der Waals surface area (Å²) in [4.78, 5) is 13.6. The van der Waals surface area contributed by atoms with Crippen LogP contribution in [0.25, 0.3) is 0 Å². The Labute approximate surface area is 191 Å². The Morgan fingerprint density at radius 2 is 1.75 bits per heavy atom. The number of carbonyl (C=O) groups is 1. The molecule has 1 aromatic rings. The summed E-state index contributed by atoms with van der Waals surface area (Å²) in [6, 6.07) is 9.42. The third-order valence-corrected chi connectivity index (χ3v) is 9.83. The van der Waals surface area contributed by atoms with Gasteiger partial charge in [0.1, 0.15) is 12.0 Å². The second kappa shape index (κ2) is 8.19. The highest BCUT2D eigenvalue weighted by Crippen LogP contribution is 2.57. The fourth-order valence-electron chi connectivity index (χ4n) is 8.15. The van der Waals surface area contributed by atoms with Crippen molar-refractivity contribution >= 4 is 6.29 Å². The second-order valence-electron chi connectivity index (χ2n) is 11.4. The van der Waals surface area contributed by atoms with Gasteiger partial charge in [0.25, 0.3) is 0 Å². The summed E-state index contributed by atoms with van der Waals surface area (Å²) in [5, 5.41) is 25.8. The molecule has 9 atom stereocenters. The Kier molecular flexibility index (Phi) is 5.45. The molecule has 5 fully saturated rings. The highest BCUT2D eigenvalue weighted by molar-refractivity contribution is 5.74. The van der Waals surface area contributed by atoms with Gasteiger partial charge in [-0.1, -0.05) is 43.5 Å². The van der Waals surface area contributed by atoms with Crippen molar-refractivity contribution in [1.82, 2.24) is 10.2 Å². The van der Waals surface area contributed by atoms with Gasteiger partial charge in [-0.3, -0.25) is 9.69 Å². The molecule has 3 aliphatic heterocycles. The van der Waals surface area contributed by atoms with Gasteiger partial charge in [0.2, 0.25) is 0 Å². The third kappa shape index (κ3) is 3.48. The normalized spacial score (nSPS) is 44.6. The van der Waals surface area contributed by atoms with Crippen LogP contribution in [0.5, 0.6) is 0 Å². The lowest BCUT2D eigenvalue weighted by atomic mass is 9.71. The molecule has 2 saturated carbocycles. The molecule has 0 spiro atoms. The lowest BCUT2D eigenvalue weighted by Gasteiger charge is -2.40. The number of benzene rings is 1. The van der Waals surface area contributed by atoms with E-state index in [0.29, 0.717) is 35.9 Å². The molecular formula is C27H38N2O3. The summed E-state index contributed by atoms with van der Waals surface area (Å²) < 4.78 is 0. The molecule has 2 aliphatic carbocycles. The van der Waals surface area contributed by atoms with Crippen LogP contribution in [0.3, 0.4) is 0 Å². The number of hydrogen-bond acceptors (Lipinski definition) is 5. The summed E-state index contributed by atoms with van der Waals surface area (Å²) >= 11 is 0. The molecule has 3 saturated heterocycles. The predicted molar refractivity (Wildman–Crippen MR) is 123 cm³/mol. The van der Waals surface area contributed by atoms with E-state index in [1.165, 1.54) is 37.7 Å². The number of nitrogens with zero attached hydrogens (tertiary/aromatic N) is 1. The maximum atomic E-state index is 11.6. The highest BCUT2D eigenvalue weighted by Gasteiger charge is 2.68.